The summed E-state index contributed by atoms with van der Waals surface area (Å²) >= 11 is 0. The van der Waals surface area contributed by atoms with Crippen LogP contribution in [0.15, 0.2) is 41.2 Å². The van der Waals surface area contributed by atoms with Gasteiger partial charge < -0.3 is 15.0 Å². The van der Waals surface area contributed by atoms with E-state index < -0.39 is 34.5 Å². The molecular formula is C18H13F3N2O3. The lowest BCUT2D eigenvalue weighted by Crippen LogP contribution is -2.27. The summed E-state index contributed by atoms with van der Waals surface area (Å²) in [6.45, 7) is -0.222. The molecule has 3 aromatic rings. The van der Waals surface area contributed by atoms with Gasteiger partial charge in [-0.25, -0.2) is 13.2 Å². The van der Waals surface area contributed by atoms with Crippen molar-refractivity contribution in [3.8, 4) is 5.75 Å². The third-order valence-electron chi connectivity index (χ3n) is 3.85. The molecule has 0 spiro atoms. The van der Waals surface area contributed by atoms with Gasteiger partial charge in [-0.3, -0.25) is 9.59 Å². The molecular weight excluding hydrogens is 349 g/mol. The van der Waals surface area contributed by atoms with Crippen molar-refractivity contribution >= 4 is 16.8 Å². The van der Waals surface area contributed by atoms with Crippen LogP contribution in [-0.2, 0) is 6.54 Å². The van der Waals surface area contributed by atoms with Gasteiger partial charge in [0.1, 0.15) is 5.75 Å². The molecule has 3 rings (SSSR count). The van der Waals surface area contributed by atoms with Gasteiger partial charge in [0.2, 0.25) is 0 Å². The normalized spacial score (nSPS) is 10.8. The molecule has 1 heterocycles. The molecule has 5 nitrogen and oxygen atoms in total. The fraction of sp³-hybridized carbons (Fsp3) is 0.111. The lowest BCUT2D eigenvalue weighted by atomic mass is 10.1. The summed E-state index contributed by atoms with van der Waals surface area (Å²) in [7, 11) is 1.50. The van der Waals surface area contributed by atoms with Crippen LogP contribution in [0.3, 0.4) is 0 Å². The fourth-order valence-electron chi connectivity index (χ4n) is 2.46. The van der Waals surface area contributed by atoms with Crippen LogP contribution < -0.4 is 15.6 Å². The Bertz CT molecular complexity index is 1060. The van der Waals surface area contributed by atoms with E-state index in [9.17, 15) is 22.8 Å². The molecule has 0 atom stereocenters. The third-order valence-corrected chi connectivity index (χ3v) is 3.85. The molecule has 26 heavy (non-hydrogen) atoms. The highest BCUT2D eigenvalue weighted by molar-refractivity contribution is 5.94. The quantitative estimate of drug-likeness (QED) is 0.701. The van der Waals surface area contributed by atoms with E-state index in [1.807, 2.05) is 0 Å². The molecule has 0 bridgehead atoms. The Kier molecular flexibility index (Phi) is 4.66. The first kappa shape index (κ1) is 17.5. The number of amides is 1. The summed E-state index contributed by atoms with van der Waals surface area (Å²) < 4.78 is 44.9. The molecule has 134 valence electrons. The van der Waals surface area contributed by atoms with Crippen LogP contribution in [0, 0.1) is 17.5 Å². The van der Waals surface area contributed by atoms with Crippen LogP contribution in [-0.4, -0.2) is 18.0 Å². The number of aromatic nitrogens is 1. The van der Waals surface area contributed by atoms with Gasteiger partial charge in [0.25, 0.3) is 11.5 Å². The van der Waals surface area contributed by atoms with Gasteiger partial charge in [-0.2, -0.15) is 0 Å². The van der Waals surface area contributed by atoms with Gasteiger partial charge in [0, 0.05) is 23.0 Å². The van der Waals surface area contributed by atoms with Crippen LogP contribution in [0.5, 0.6) is 5.75 Å². The summed E-state index contributed by atoms with van der Waals surface area (Å²) in [6.07, 6.45) is 0. The number of hydrogen-bond acceptors (Lipinski definition) is 3. The zero-order chi connectivity index (χ0) is 18.8. The molecule has 0 aliphatic rings. The van der Waals surface area contributed by atoms with Gasteiger partial charge in [0.05, 0.1) is 12.7 Å². The minimum absolute atomic E-state index is 0.210. The smallest absolute Gasteiger partial charge is 0.254 e. The topological polar surface area (TPSA) is 71.2 Å². The Labute approximate surface area is 145 Å². The minimum atomic E-state index is -1.73. The predicted molar refractivity (Wildman–Crippen MR) is 88.6 cm³/mol. The van der Waals surface area contributed by atoms with E-state index in [0.29, 0.717) is 22.7 Å². The van der Waals surface area contributed by atoms with Crippen molar-refractivity contribution in [2.75, 3.05) is 7.11 Å². The Morgan fingerprint density at radius 1 is 1.12 bits per heavy atom. The number of methoxy groups -OCH3 is 1. The Morgan fingerprint density at radius 2 is 1.88 bits per heavy atom. The van der Waals surface area contributed by atoms with E-state index in [1.165, 1.54) is 7.11 Å². The SMILES string of the molecule is COc1ccc2[nH]c(=O)c(CNC(=O)c3ccc(F)c(F)c3F)cc2c1. The monoisotopic (exact) mass is 362 g/mol. The lowest BCUT2D eigenvalue weighted by molar-refractivity contribution is 0.0945. The number of pyridine rings is 1. The molecule has 2 N–H and O–H groups in total. The van der Waals surface area contributed by atoms with E-state index in [4.69, 9.17) is 4.74 Å². The van der Waals surface area contributed by atoms with Gasteiger partial charge in [0.15, 0.2) is 17.5 Å². The number of halogens is 3. The molecule has 1 amide bonds. The highest BCUT2D eigenvalue weighted by Gasteiger charge is 2.18. The maximum atomic E-state index is 13.7. The zero-order valence-corrected chi connectivity index (χ0v) is 13.5. The standard InChI is InChI=1S/C18H13F3N2O3/c1-26-11-2-5-14-9(7-11)6-10(17(24)23-14)8-22-18(25)12-3-4-13(19)16(21)15(12)20/h2-7H,8H2,1H3,(H,22,25)(H,23,24). The largest absolute Gasteiger partial charge is 0.497 e. The molecule has 0 aliphatic heterocycles. The first-order chi connectivity index (χ1) is 12.4. The molecule has 0 radical (unpaired) electrons. The Morgan fingerprint density at radius 3 is 2.62 bits per heavy atom. The van der Waals surface area contributed by atoms with E-state index in [0.717, 1.165) is 6.07 Å². The summed E-state index contributed by atoms with van der Waals surface area (Å²) in [5, 5.41) is 2.99. The van der Waals surface area contributed by atoms with Crippen molar-refractivity contribution in [3.63, 3.8) is 0 Å². The van der Waals surface area contributed by atoms with Crippen molar-refractivity contribution in [2.45, 2.75) is 6.54 Å². The predicted octanol–water partition coefficient (Wildman–Crippen LogP) is 2.88. The molecule has 0 unspecified atom stereocenters. The van der Waals surface area contributed by atoms with E-state index in [2.05, 4.69) is 10.3 Å². The summed E-state index contributed by atoms with van der Waals surface area (Å²) in [5.41, 5.74) is -0.295. The van der Waals surface area contributed by atoms with Crippen molar-refractivity contribution < 1.29 is 22.7 Å². The number of nitrogens with one attached hydrogen (secondary N) is 2. The maximum Gasteiger partial charge on any atom is 0.254 e. The molecule has 8 heteroatoms. The number of carbonyl (C=O) groups is 1. The number of hydrogen-bond donors (Lipinski definition) is 2. The second-order valence-electron chi connectivity index (χ2n) is 5.48. The lowest BCUT2D eigenvalue weighted by Gasteiger charge is -2.08. The van der Waals surface area contributed by atoms with Crippen molar-refractivity contribution in [2.24, 2.45) is 0 Å². The number of ether oxygens (including phenoxy) is 1. The molecule has 0 aliphatic carbocycles. The van der Waals surface area contributed by atoms with Crippen LogP contribution in [0.1, 0.15) is 15.9 Å². The molecule has 0 fully saturated rings. The van der Waals surface area contributed by atoms with E-state index in [1.54, 1.807) is 24.3 Å². The first-order valence-electron chi connectivity index (χ1n) is 7.52. The van der Waals surface area contributed by atoms with Gasteiger partial charge in [-0.05, 0) is 36.4 Å². The Hall–Kier alpha value is -3.29. The third kappa shape index (κ3) is 3.26. The summed E-state index contributed by atoms with van der Waals surface area (Å²) in [4.78, 5) is 26.7. The highest BCUT2D eigenvalue weighted by Crippen LogP contribution is 2.19. The van der Waals surface area contributed by atoms with Crippen LogP contribution in [0.25, 0.3) is 10.9 Å². The molecule has 2 aromatic carbocycles. The van der Waals surface area contributed by atoms with Crippen LogP contribution in [0.2, 0.25) is 0 Å². The van der Waals surface area contributed by atoms with E-state index in [-0.39, 0.29) is 12.1 Å². The van der Waals surface area contributed by atoms with Gasteiger partial charge in [-0.1, -0.05) is 0 Å². The number of benzene rings is 2. The van der Waals surface area contributed by atoms with Crippen molar-refractivity contribution in [1.29, 1.82) is 0 Å². The second-order valence-corrected chi connectivity index (χ2v) is 5.48. The fourth-order valence-corrected chi connectivity index (χ4v) is 2.46. The van der Waals surface area contributed by atoms with Crippen LogP contribution >= 0.6 is 0 Å². The van der Waals surface area contributed by atoms with Crippen molar-refractivity contribution in [1.82, 2.24) is 10.3 Å². The number of fused-ring (bicyclic) bond motifs is 1. The summed E-state index contributed by atoms with van der Waals surface area (Å²) in [6, 6.07) is 8.10. The number of carbonyl (C=O) groups excluding carboxylic acids is 1. The molecule has 0 saturated carbocycles. The first-order valence-corrected chi connectivity index (χ1v) is 7.52. The number of aromatic amines is 1. The van der Waals surface area contributed by atoms with Crippen molar-refractivity contribution in [3.05, 3.63) is 75.3 Å². The zero-order valence-electron chi connectivity index (χ0n) is 13.5. The molecule has 1 aromatic heterocycles. The van der Waals surface area contributed by atoms with E-state index >= 15 is 0 Å². The van der Waals surface area contributed by atoms with Crippen LogP contribution in [0.4, 0.5) is 13.2 Å². The average Bonchev–Trinajstić information content (AvgIpc) is 2.64. The van der Waals surface area contributed by atoms with Gasteiger partial charge >= 0.3 is 0 Å². The van der Waals surface area contributed by atoms with Gasteiger partial charge in [-0.15, -0.1) is 0 Å². The average molecular weight is 362 g/mol. The minimum Gasteiger partial charge on any atom is -0.497 e. The Balaban J connectivity index is 1.85. The second kappa shape index (κ2) is 6.91. The maximum absolute atomic E-state index is 13.7. The number of H-pyrrole nitrogens is 1. The molecule has 0 saturated heterocycles. The highest BCUT2D eigenvalue weighted by atomic mass is 19.2. The number of rotatable bonds is 4. The summed E-state index contributed by atoms with van der Waals surface area (Å²) in [5.74, 6) is -5.08.